The van der Waals surface area contributed by atoms with Gasteiger partial charge in [0.2, 0.25) is 0 Å². The summed E-state index contributed by atoms with van der Waals surface area (Å²) in [6.45, 7) is 0. The Balaban J connectivity index is 1.36. The normalized spacial score (nSPS) is 12.0. The molecule has 5 aromatic carbocycles. The van der Waals surface area contributed by atoms with Crippen LogP contribution in [0, 0.1) is 0 Å². The second-order valence-electron chi connectivity index (χ2n) is 11.4. The molecule has 9 rings (SSSR count). The standard InChI is InChI=1S/C40H27GeN3O/c1-4-14-28(15-5-1)41(29-16-6-2-7-17-29,30-18-8-3-9-19-30)35-24-25-42-38-34-26-31(27-43-40(34)45-39(35)38)44-36-22-12-10-20-32(36)33-21-11-13-23-37(33)44/h1-27H. The Morgan fingerprint density at radius 1 is 0.511 bits per heavy atom. The number of hydrogen-bond donors (Lipinski definition) is 0. The summed E-state index contributed by atoms with van der Waals surface area (Å²) in [7, 11) is 0. The van der Waals surface area contributed by atoms with Gasteiger partial charge in [-0.15, -0.1) is 0 Å². The van der Waals surface area contributed by atoms with Crippen molar-refractivity contribution in [2.24, 2.45) is 0 Å². The molecule has 5 heteroatoms. The number of hydrogen-bond acceptors (Lipinski definition) is 3. The number of fused-ring (bicyclic) bond motifs is 6. The number of para-hydroxylation sites is 2. The number of benzene rings is 5. The maximum atomic E-state index is 6.77. The van der Waals surface area contributed by atoms with Gasteiger partial charge in [-0.25, -0.2) is 0 Å². The third kappa shape index (κ3) is 3.86. The average molecular weight is 638 g/mol. The second kappa shape index (κ2) is 10.3. The summed E-state index contributed by atoms with van der Waals surface area (Å²) in [5.41, 5.74) is 5.53. The van der Waals surface area contributed by atoms with E-state index in [0.717, 1.165) is 33.2 Å². The molecule has 0 aliphatic carbocycles. The predicted molar refractivity (Wildman–Crippen MR) is 187 cm³/mol. The minimum atomic E-state index is -3.59. The fourth-order valence-electron chi connectivity index (χ4n) is 7.18. The topological polar surface area (TPSA) is 43.9 Å². The molecule has 45 heavy (non-hydrogen) atoms. The molecule has 0 aliphatic rings. The van der Waals surface area contributed by atoms with Crippen LogP contribution in [0.3, 0.4) is 0 Å². The monoisotopic (exact) mass is 639 g/mol. The third-order valence-corrected chi connectivity index (χ3v) is 19.1. The summed E-state index contributed by atoms with van der Waals surface area (Å²) in [6, 6.07) is 54.4. The van der Waals surface area contributed by atoms with Crippen LogP contribution in [0.4, 0.5) is 0 Å². The van der Waals surface area contributed by atoms with Crippen molar-refractivity contribution in [3.63, 3.8) is 0 Å². The Morgan fingerprint density at radius 2 is 1.02 bits per heavy atom. The first-order chi connectivity index (χ1) is 22.3. The van der Waals surface area contributed by atoms with Gasteiger partial charge in [-0.05, 0) is 0 Å². The molecule has 9 aromatic rings. The molecule has 4 aromatic heterocycles. The van der Waals surface area contributed by atoms with Crippen LogP contribution in [0.2, 0.25) is 0 Å². The van der Waals surface area contributed by atoms with Crippen molar-refractivity contribution in [3.05, 3.63) is 164 Å². The first-order valence-corrected chi connectivity index (χ1v) is 19.4. The molecule has 0 atom stereocenters. The van der Waals surface area contributed by atoms with Crippen molar-refractivity contribution >= 4 is 74.9 Å². The number of nitrogens with zero attached hydrogens (tertiary/aromatic N) is 3. The van der Waals surface area contributed by atoms with Crippen LogP contribution < -0.4 is 17.6 Å². The summed E-state index contributed by atoms with van der Waals surface area (Å²) in [5.74, 6) is 0. The van der Waals surface area contributed by atoms with Crippen molar-refractivity contribution in [1.82, 2.24) is 14.5 Å². The van der Waals surface area contributed by atoms with Crippen LogP contribution in [0.5, 0.6) is 0 Å². The van der Waals surface area contributed by atoms with Crippen LogP contribution in [0.25, 0.3) is 49.7 Å². The third-order valence-electron chi connectivity index (χ3n) is 9.06. The van der Waals surface area contributed by atoms with Gasteiger partial charge in [0.1, 0.15) is 0 Å². The van der Waals surface area contributed by atoms with Crippen LogP contribution in [0.1, 0.15) is 0 Å². The average Bonchev–Trinajstić information content (AvgIpc) is 3.66. The summed E-state index contributed by atoms with van der Waals surface area (Å²) in [6.07, 6.45) is 3.87. The van der Waals surface area contributed by atoms with E-state index in [2.05, 4.69) is 156 Å². The molecule has 0 saturated heterocycles. The maximum absolute atomic E-state index is 6.77. The molecule has 4 heterocycles. The van der Waals surface area contributed by atoms with Crippen molar-refractivity contribution in [2.45, 2.75) is 0 Å². The number of aromatic nitrogens is 3. The second-order valence-corrected chi connectivity index (χ2v) is 19.3. The van der Waals surface area contributed by atoms with E-state index in [1.807, 2.05) is 12.4 Å². The number of furan rings is 1. The van der Waals surface area contributed by atoms with Crippen LogP contribution in [0.15, 0.2) is 168 Å². The fourth-order valence-corrected chi connectivity index (χ4v) is 17.3. The molecule has 0 fully saturated rings. The van der Waals surface area contributed by atoms with Crippen molar-refractivity contribution < 1.29 is 4.42 Å². The zero-order valence-electron chi connectivity index (χ0n) is 24.3. The van der Waals surface area contributed by atoms with E-state index < -0.39 is 13.3 Å². The summed E-state index contributed by atoms with van der Waals surface area (Å²) < 4.78 is 14.3. The number of rotatable bonds is 5. The fraction of sp³-hybridized carbons (Fsp3) is 0. The van der Waals surface area contributed by atoms with E-state index >= 15 is 0 Å². The van der Waals surface area contributed by atoms with Crippen molar-refractivity contribution in [1.29, 1.82) is 0 Å². The summed E-state index contributed by atoms with van der Waals surface area (Å²) in [5, 5.41) is 3.35. The zero-order valence-corrected chi connectivity index (χ0v) is 26.4. The van der Waals surface area contributed by atoms with Gasteiger partial charge in [-0.3, -0.25) is 0 Å². The van der Waals surface area contributed by atoms with Crippen molar-refractivity contribution in [2.75, 3.05) is 0 Å². The zero-order chi connectivity index (χ0) is 29.8. The molecule has 212 valence electrons. The quantitative estimate of drug-likeness (QED) is 0.194. The Bertz CT molecular complexity index is 2340. The van der Waals surface area contributed by atoms with E-state index in [1.54, 1.807) is 0 Å². The van der Waals surface area contributed by atoms with Crippen LogP contribution in [-0.4, -0.2) is 27.8 Å². The molecule has 0 aliphatic heterocycles. The molecule has 0 radical (unpaired) electrons. The summed E-state index contributed by atoms with van der Waals surface area (Å²) in [4.78, 5) is 9.88. The SMILES string of the molecule is c1cc[c]([Ge]([c]2ccccc2)([c]2ccccc2)[c]2ccnc3c2oc2ncc(-n4c5ccccc5c5ccccc54)cc23)cc1. The van der Waals surface area contributed by atoms with Gasteiger partial charge in [0, 0.05) is 0 Å². The van der Waals surface area contributed by atoms with Crippen LogP contribution >= 0.6 is 0 Å². The Kier molecular flexibility index (Phi) is 5.96. The Hall–Kier alpha value is -5.46. The van der Waals surface area contributed by atoms with Gasteiger partial charge in [0.25, 0.3) is 0 Å². The van der Waals surface area contributed by atoms with Gasteiger partial charge in [-0.1, -0.05) is 0 Å². The molecule has 0 N–H and O–H groups in total. The van der Waals surface area contributed by atoms with Crippen LogP contribution in [-0.2, 0) is 0 Å². The molecule has 0 bridgehead atoms. The molecule has 0 amide bonds. The first-order valence-electron chi connectivity index (χ1n) is 15.2. The predicted octanol–water partition coefficient (Wildman–Crippen LogP) is 6.85. The number of pyridine rings is 2. The van der Waals surface area contributed by atoms with E-state index in [4.69, 9.17) is 14.4 Å². The van der Waals surface area contributed by atoms with Gasteiger partial charge in [0.05, 0.1) is 0 Å². The van der Waals surface area contributed by atoms with Gasteiger partial charge in [0.15, 0.2) is 0 Å². The molecule has 0 saturated carbocycles. The molecular formula is C40H27GeN3O. The molecule has 0 unspecified atom stereocenters. The molecular weight excluding hydrogens is 611 g/mol. The first kappa shape index (κ1) is 26.0. The molecule has 0 spiro atoms. The van der Waals surface area contributed by atoms with E-state index in [1.165, 1.54) is 28.4 Å². The van der Waals surface area contributed by atoms with Gasteiger partial charge >= 0.3 is 264 Å². The minimum absolute atomic E-state index is 0.597. The molecule has 4 nitrogen and oxygen atoms in total. The van der Waals surface area contributed by atoms with E-state index in [9.17, 15) is 0 Å². The van der Waals surface area contributed by atoms with Crippen molar-refractivity contribution in [3.8, 4) is 5.69 Å². The summed E-state index contributed by atoms with van der Waals surface area (Å²) >= 11 is -3.59. The van der Waals surface area contributed by atoms with Gasteiger partial charge < -0.3 is 0 Å². The van der Waals surface area contributed by atoms with E-state index in [-0.39, 0.29) is 0 Å². The van der Waals surface area contributed by atoms with E-state index in [0.29, 0.717) is 5.71 Å². The Morgan fingerprint density at radius 3 is 1.58 bits per heavy atom. The Labute approximate surface area is 262 Å². The van der Waals surface area contributed by atoms with Gasteiger partial charge in [-0.2, -0.15) is 0 Å².